The molecule has 0 bridgehead atoms. The van der Waals surface area contributed by atoms with Crippen molar-refractivity contribution in [3.8, 4) is 66.8 Å². The Morgan fingerprint density at radius 2 is 0.803 bits per heavy atom. The molecule has 0 radical (unpaired) electrons. The Labute approximate surface area is 360 Å². The predicted octanol–water partition coefficient (Wildman–Crippen LogP) is 17.0. The number of fused-ring (bicyclic) bond motifs is 7. The van der Waals surface area contributed by atoms with E-state index in [1.54, 1.807) is 6.07 Å². The van der Waals surface area contributed by atoms with E-state index in [1.807, 2.05) is 18.2 Å². The first kappa shape index (κ1) is 31.0. The molecule has 0 fully saturated rings. The summed E-state index contributed by atoms with van der Waals surface area (Å²) in [4.78, 5) is 0. The highest BCUT2D eigenvalue weighted by atomic mass is 16.3. The Morgan fingerprint density at radius 3 is 1.52 bits per heavy atom. The summed E-state index contributed by atoms with van der Waals surface area (Å²) in [5.74, 6) is 0. The maximum Gasteiger partial charge on any atom is 0.143 e. The average Bonchev–Trinajstić information content (AvgIpc) is 3.75. The van der Waals surface area contributed by atoms with Crippen LogP contribution in [0.4, 0.5) is 0 Å². The monoisotopic (exact) mass is 778 g/mol. The number of hydrogen-bond acceptors (Lipinski definition) is 1. The van der Waals surface area contributed by atoms with Gasteiger partial charge in [-0.05, 0) is 124 Å². The first-order chi connectivity index (χ1) is 31.9. The second kappa shape index (κ2) is 14.4. The molecule has 1 aromatic heterocycles. The van der Waals surface area contributed by atoms with Gasteiger partial charge in [0.2, 0.25) is 0 Å². The molecule has 11 aromatic carbocycles. The molecule has 12 aromatic rings. The maximum atomic E-state index is 8.65. The third-order valence-electron chi connectivity index (χ3n) is 12.2. The van der Waals surface area contributed by atoms with Crippen LogP contribution in [0.2, 0.25) is 0 Å². The van der Waals surface area contributed by atoms with Gasteiger partial charge in [0.1, 0.15) is 11.2 Å². The van der Waals surface area contributed by atoms with Gasteiger partial charge in [-0.2, -0.15) is 0 Å². The quantitative estimate of drug-likeness (QED) is 0.153. The molecule has 284 valence electrons. The Kier molecular flexibility index (Phi) is 7.30. The van der Waals surface area contributed by atoms with E-state index in [1.165, 1.54) is 60.5 Å². The summed E-state index contributed by atoms with van der Waals surface area (Å²) >= 11 is 0. The lowest BCUT2D eigenvalue weighted by Crippen LogP contribution is -1.93. The molecular formula is C60H38O. The molecule has 0 amide bonds. The van der Waals surface area contributed by atoms with Gasteiger partial charge < -0.3 is 4.42 Å². The molecule has 0 spiro atoms. The summed E-state index contributed by atoms with van der Waals surface area (Å²) in [6.45, 7) is 0. The standard InChI is InChI=1S/C60H38O/c1-3-14-39(15-4-1)46-32-34-54(56(37-46)41-16-5-2-6-17-41)59-52-24-11-9-22-50(52)58(51-23-10-12-25-53(51)59)43-28-26-40(27-29-43)44-19-13-20-45(36-44)47-31-33-49-55-35-30-42-18-7-8-21-48(42)60(55)61-57(49)38-47/h1-38H/i7D,8D,18D,21D. The smallest absolute Gasteiger partial charge is 0.143 e. The SMILES string of the molecule is [2H]c1c([2H])c([2H])c2c(ccc3c4ccc(-c5cccc(-c6ccc(-c7c8ccccc8c(-c8ccc(-c9ccccc9)cc8-c8ccccc8)c8ccccc78)cc6)c5)cc4oc32)c1[2H]. The van der Waals surface area contributed by atoms with E-state index >= 15 is 0 Å². The number of furan rings is 1. The second-order valence-corrected chi connectivity index (χ2v) is 15.7. The molecule has 1 heteroatoms. The average molecular weight is 779 g/mol. The third kappa shape index (κ3) is 5.93. The van der Waals surface area contributed by atoms with Gasteiger partial charge in [-0.3, -0.25) is 0 Å². The number of hydrogen-bond donors (Lipinski definition) is 0. The Bertz CT molecular complexity index is 3800. The predicted molar refractivity (Wildman–Crippen MR) is 259 cm³/mol. The zero-order valence-electron chi connectivity index (χ0n) is 37.0. The highest BCUT2D eigenvalue weighted by molar-refractivity contribution is 6.22. The zero-order valence-corrected chi connectivity index (χ0v) is 33.0. The van der Waals surface area contributed by atoms with Crippen molar-refractivity contribution in [1.29, 1.82) is 0 Å². The van der Waals surface area contributed by atoms with Crippen LogP contribution in [-0.2, 0) is 0 Å². The largest absolute Gasteiger partial charge is 0.455 e. The van der Waals surface area contributed by atoms with Gasteiger partial charge >= 0.3 is 0 Å². The van der Waals surface area contributed by atoms with E-state index in [-0.39, 0.29) is 24.2 Å². The van der Waals surface area contributed by atoms with Gasteiger partial charge in [0.25, 0.3) is 0 Å². The molecule has 61 heavy (non-hydrogen) atoms. The van der Waals surface area contributed by atoms with Crippen LogP contribution in [0.5, 0.6) is 0 Å². The molecule has 0 saturated carbocycles. The van der Waals surface area contributed by atoms with Crippen LogP contribution in [0.1, 0.15) is 5.48 Å². The van der Waals surface area contributed by atoms with Crippen LogP contribution in [0.25, 0.3) is 121 Å². The normalized spacial score (nSPS) is 12.5. The Hall–Kier alpha value is -8.00. The number of benzene rings is 11. The molecule has 0 aliphatic carbocycles. The molecule has 0 atom stereocenters. The highest BCUT2D eigenvalue weighted by Gasteiger charge is 2.20. The van der Waals surface area contributed by atoms with Crippen molar-refractivity contribution in [2.45, 2.75) is 0 Å². The molecule has 0 aliphatic heterocycles. The van der Waals surface area contributed by atoms with Crippen molar-refractivity contribution in [2.24, 2.45) is 0 Å². The third-order valence-corrected chi connectivity index (χ3v) is 12.2. The van der Waals surface area contributed by atoms with Crippen LogP contribution >= 0.6 is 0 Å². The van der Waals surface area contributed by atoms with E-state index in [0.717, 1.165) is 38.6 Å². The summed E-state index contributed by atoms with van der Waals surface area (Å²) in [5.41, 5.74) is 14.9. The van der Waals surface area contributed by atoms with Crippen LogP contribution in [-0.4, -0.2) is 0 Å². The second-order valence-electron chi connectivity index (χ2n) is 15.7. The summed E-state index contributed by atoms with van der Waals surface area (Å²) in [6.07, 6.45) is 0. The maximum absolute atomic E-state index is 8.65. The van der Waals surface area contributed by atoms with Crippen LogP contribution in [0.15, 0.2) is 235 Å². The van der Waals surface area contributed by atoms with E-state index in [9.17, 15) is 0 Å². The fraction of sp³-hybridized carbons (Fsp3) is 0. The highest BCUT2D eigenvalue weighted by Crippen LogP contribution is 2.47. The van der Waals surface area contributed by atoms with Gasteiger partial charge in [0.05, 0.1) is 5.48 Å². The Balaban J connectivity index is 0.944. The molecule has 1 heterocycles. The fourth-order valence-electron chi connectivity index (χ4n) is 9.31. The molecule has 1 nitrogen and oxygen atoms in total. The Morgan fingerprint density at radius 1 is 0.295 bits per heavy atom. The van der Waals surface area contributed by atoms with Gasteiger partial charge in [0, 0.05) is 16.2 Å². The van der Waals surface area contributed by atoms with E-state index in [4.69, 9.17) is 9.90 Å². The minimum Gasteiger partial charge on any atom is -0.455 e. The van der Waals surface area contributed by atoms with Crippen molar-refractivity contribution >= 4 is 54.3 Å². The topological polar surface area (TPSA) is 13.1 Å². The van der Waals surface area contributed by atoms with Crippen molar-refractivity contribution in [1.82, 2.24) is 0 Å². The van der Waals surface area contributed by atoms with Gasteiger partial charge in [-0.1, -0.05) is 200 Å². The van der Waals surface area contributed by atoms with Gasteiger partial charge in [-0.25, -0.2) is 0 Å². The van der Waals surface area contributed by atoms with Crippen molar-refractivity contribution in [3.63, 3.8) is 0 Å². The van der Waals surface area contributed by atoms with Gasteiger partial charge in [-0.15, -0.1) is 0 Å². The van der Waals surface area contributed by atoms with E-state index in [2.05, 4.69) is 182 Å². The minimum absolute atomic E-state index is 0.0628. The lowest BCUT2D eigenvalue weighted by Gasteiger charge is -2.20. The van der Waals surface area contributed by atoms with Crippen LogP contribution in [0.3, 0.4) is 0 Å². The molecule has 0 aliphatic rings. The van der Waals surface area contributed by atoms with Crippen LogP contribution < -0.4 is 0 Å². The first-order valence-corrected chi connectivity index (χ1v) is 20.7. The molecule has 12 rings (SSSR count). The van der Waals surface area contributed by atoms with Crippen molar-refractivity contribution in [2.75, 3.05) is 0 Å². The van der Waals surface area contributed by atoms with Crippen LogP contribution in [0, 0.1) is 0 Å². The van der Waals surface area contributed by atoms with Crippen molar-refractivity contribution < 1.29 is 9.90 Å². The summed E-state index contributed by atoms with van der Waals surface area (Å²) in [5, 5.41) is 7.40. The van der Waals surface area contributed by atoms with Crippen molar-refractivity contribution in [3.05, 3.63) is 230 Å². The molecule has 0 unspecified atom stereocenters. The molecule has 0 N–H and O–H groups in total. The van der Waals surface area contributed by atoms with E-state index in [0.29, 0.717) is 21.9 Å². The first-order valence-electron chi connectivity index (χ1n) is 22.7. The van der Waals surface area contributed by atoms with E-state index < -0.39 is 0 Å². The lowest BCUT2D eigenvalue weighted by molar-refractivity contribution is 0.673. The zero-order chi connectivity index (χ0) is 43.8. The summed E-state index contributed by atoms with van der Waals surface area (Å²) in [7, 11) is 0. The lowest BCUT2D eigenvalue weighted by atomic mass is 9.83. The summed E-state index contributed by atoms with van der Waals surface area (Å²) < 4.78 is 40.0. The minimum atomic E-state index is -0.265. The molecular weight excluding hydrogens is 737 g/mol. The number of rotatable bonds is 6. The fourth-order valence-corrected chi connectivity index (χ4v) is 9.31. The summed E-state index contributed by atoms with van der Waals surface area (Å²) in [6, 6.07) is 72.5. The molecule has 0 saturated heterocycles. The van der Waals surface area contributed by atoms with Gasteiger partial charge in [0.15, 0.2) is 0 Å².